The highest BCUT2D eigenvalue weighted by Gasteiger charge is 1.97. The number of nitrogens with zero attached hydrogens (tertiary/aromatic N) is 1. The van der Waals surface area contributed by atoms with Gasteiger partial charge in [-0.15, -0.1) is 0 Å². The third kappa shape index (κ3) is 3.98. The second-order valence-corrected chi connectivity index (χ2v) is 3.33. The minimum atomic E-state index is 0.674. The van der Waals surface area contributed by atoms with E-state index in [0.29, 0.717) is 5.88 Å². The van der Waals surface area contributed by atoms with Crippen LogP contribution in [0.3, 0.4) is 0 Å². The molecule has 0 aliphatic heterocycles. The summed E-state index contributed by atoms with van der Waals surface area (Å²) >= 11 is 1.40. The molecule has 0 atom stereocenters. The van der Waals surface area contributed by atoms with Crippen molar-refractivity contribution in [2.45, 2.75) is 12.8 Å². The molecule has 0 radical (unpaired) electrons. The zero-order chi connectivity index (χ0) is 10.2. The number of aryl methyl sites for hydroxylation is 1. The lowest BCUT2D eigenvalue weighted by molar-refractivity contribution is 0.364. The molecule has 4 heteroatoms. The quantitative estimate of drug-likeness (QED) is 0.536. The van der Waals surface area contributed by atoms with Gasteiger partial charge in [-0.3, -0.25) is 0 Å². The van der Waals surface area contributed by atoms with Crippen molar-refractivity contribution in [3.05, 3.63) is 23.9 Å². The van der Waals surface area contributed by atoms with Gasteiger partial charge in [0.1, 0.15) is 0 Å². The smallest absolute Gasteiger partial charge is 0.213 e. The molecule has 1 aromatic rings. The van der Waals surface area contributed by atoms with Crippen LogP contribution in [-0.4, -0.2) is 25.0 Å². The van der Waals surface area contributed by atoms with Gasteiger partial charge < -0.3 is 8.92 Å². The van der Waals surface area contributed by atoms with Gasteiger partial charge >= 0.3 is 0 Å². The van der Waals surface area contributed by atoms with Gasteiger partial charge in [0.2, 0.25) is 5.88 Å². The topological polar surface area (TPSA) is 31.4 Å². The number of aromatic nitrogens is 1. The lowest BCUT2D eigenvalue weighted by Gasteiger charge is -2.02. The molecule has 0 fully saturated rings. The lowest BCUT2D eigenvalue weighted by Crippen LogP contribution is -1.96. The van der Waals surface area contributed by atoms with Crippen LogP contribution in [-0.2, 0) is 10.6 Å². The predicted molar refractivity (Wildman–Crippen MR) is 58.6 cm³/mol. The Kier molecular flexibility index (Phi) is 5.40. The average Bonchev–Trinajstić information content (AvgIpc) is 2.25. The SMILES string of the molecule is COc1cccc(CCCOSC)n1. The van der Waals surface area contributed by atoms with E-state index in [9.17, 15) is 0 Å². The molecule has 0 aliphatic carbocycles. The first-order valence-electron chi connectivity index (χ1n) is 4.52. The largest absolute Gasteiger partial charge is 0.481 e. The fraction of sp³-hybridized carbons (Fsp3) is 0.500. The van der Waals surface area contributed by atoms with Gasteiger partial charge in [0.25, 0.3) is 0 Å². The Balaban J connectivity index is 2.34. The number of hydrogen-bond donors (Lipinski definition) is 0. The summed E-state index contributed by atoms with van der Waals surface area (Å²) in [5, 5.41) is 0. The van der Waals surface area contributed by atoms with Gasteiger partial charge in [0.05, 0.1) is 13.7 Å². The molecular formula is C10H15NO2S. The number of ether oxygens (including phenoxy) is 1. The normalized spacial score (nSPS) is 10.1. The highest BCUT2D eigenvalue weighted by molar-refractivity contribution is 7.93. The number of rotatable bonds is 6. The van der Waals surface area contributed by atoms with Gasteiger partial charge in [0.15, 0.2) is 0 Å². The summed E-state index contributed by atoms with van der Waals surface area (Å²) in [5.41, 5.74) is 1.05. The monoisotopic (exact) mass is 213 g/mol. The van der Waals surface area contributed by atoms with Crippen LogP contribution in [0.25, 0.3) is 0 Å². The van der Waals surface area contributed by atoms with Crippen molar-refractivity contribution in [2.24, 2.45) is 0 Å². The van der Waals surface area contributed by atoms with E-state index >= 15 is 0 Å². The first-order chi connectivity index (χ1) is 6.86. The maximum absolute atomic E-state index is 5.17. The van der Waals surface area contributed by atoms with E-state index in [1.807, 2.05) is 24.5 Å². The van der Waals surface area contributed by atoms with E-state index in [1.165, 1.54) is 12.0 Å². The van der Waals surface area contributed by atoms with Crippen LogP contribution in [0.5, 0.6) is 5.88 Å². The van der Waals surface area contributed by atoms with Gasteiger partial charge in [-0.1, -0.05) is 6.07 Å². The molecule has 0 unspecified atom stereocenters. The first kappa shape index (κ1) is 11.3. The molecule has 1 rings (SSSR count). The van der Waals surface area contributed by atoms with Crippen molar-refractivity contribution >= 4 is 12.0 Å². The number of methoxy groups -OCH3 is 1. The molecule has 78 valence electrons. The summed E-state index contributed by atoms with van der Waals surface area (Å²) in [6.45, 7) is 0.764. The van der Waals surface area contributed by atoms with E-state index in [4.69, 9.17) is 8.92 Å². The minimum absolute atomic E-state index is 0.674. The molecule has 0 saturated carbocycles. The van der Waals surface area contributed by atoms with E-state index in [1.54, 1.807) is 7.11 Å². The summed E-state index contributed by atoms with van der Waals surface area (Å²) < 4.78 is 10.2. The van der Waals surface area contributed by atoms with Crippen molar-refractivity contribution < 1.29 is 8.92 Å². The molecule has 0 bridgehead atoms. The zero-order valence-corrected chi connectivity index (χ0v) is 9.34. The molecule has 3 nitrogen and oxygen atoms in total. The molecule has 0 aliphatic rings. The van der Waals surface area contributed by atoms with Crippen LogP contribution >= 0.6 is 12.0 Å². The standard InChI is InChI=1S/C10H15NO2S/c1-12-10-7-3-5-9(11-10)6-4-8-13-14-2/h3,5,7H,4,6,8H2,1-2H3. The summed E-state index contributed by atoms with van der Waals surface area (Å²) in [4.78, 5) is 4.30. The third-order valence-electron chi connectivity index (χ3n) is 1.77. The van der Waals surface area contributed by atoms with E-state index < -0.39 is 0 Å². The van der Waals surface area contributed by atoms with Crippen molar-refractivity contribution in [3.63, 3.8) is 0 Å². The Bertz CT molecular complexity index is 268. The van der Waals surface area contributed by atoms with Gasteiger partial charge in [0, 0.05) is 18.0 Å². The molecule has 1 heterocycles. The number of pyridine rings is 1. The zero-order valence-electron chi connectivity index (χ0n) is 8.53. The van der Waals surface area contributed by atoms with Crippen molar-refractivity contribution in [1.82, 2.24) is 4.98 Å². The molecular weight excluding hydrogens is 198 g/mol. The Morgan fingerprint density at radius 1 is 1.43 bits per heavy atom. The molecule has 1 aromatic heterocycles. The highest BCUT2D eigenvalue weighted by Crippen LogP contribution is 2.08. The molecule has 0 amide bonds. The van der Waals surface area contributed by atoms with Crippen LogP contribution in [0.15, 0.2) is 18.2 Å². The Morgan fingerprint density at radius 2 is 2.29 bits per heavy atom. The molecule has 0 aromatic carbocycles. The van der Waals surface area contributed by atoms with Crippen LogP contribution < -0.4 is 4.74 Å². The van der Waals surface area contributed by atoms with E-state index in [0.717, 1.165) is 25.1 Å². The minimum Gasteiger partial charge on any atom is -0.481 e. The molecule has 0 saturated heterocycles. The van der Waals surface area contributed by atoms with Gasteiger partial charge in [-0.25, -0.2) is 4.98 Å². The lowest BCUT2D eigenvalue weighted by atomic mass is 10.2. The number of hydrogen-bond acceptors (Lipinski definition) is 4. The van der Waals surface area contributed by atoms with Crippen LogP contribution in [0, 0.1) is 0 Å². The Hall–Kier alpha value is -0.740. The van der Waals surface area contributed by atoms with Crippen LogP contribution in [0.2, 0.25) is 0 Å². The second kappa shape index (κ2) is 6.68. The fourth-order valence-corrected chi connectivity index (χ4v) is 1.39. The molecule has 0 spiro atoms. The van der Waals surface area contributed by atoms with E-state index in [-0.39, 0.29) is 0 Å². The highest BCUT2D eigenvalue weighted by atomic mass is 32.2. The van der Waals surface area contributed by atoms with Crippen LogP contribution in [0.1, 0.15) is 12.1 Å². The fourth-order valence-electron chi connectivity index (χ4n) is 1.11. The maximum atomic E-state index is 5.17. The van der Waals surface area contributed by atoms with Crippen molar-refractivity contribution in [3.8, 4) is 5.88 Å². The predicted octanol–water partition coefficient (Wildman–Crippen LogP) is 2.32. The summed E-state index contributed by atoms with van der Waals surface area (Å²) in [6, 6.07) is 5.81. The summed E-state index contributed by atoms with van der Waals surface area (Å²) in [6.07, 6.45) is 3.84. The third-order valence-corrected chi connectivity index (χ3v) is 2.17. The van der Waals surface area contributed by atoms with Crippen molar-refractivity contribution in [1.29, 1.82) is 0 Å². The second-order valence-electron chi connectivity index (χ2n) is 2.76. The van der Waals surface area contributed by atoms with Gasteiger partial charge in [-0.05, 0) is 31.0 Å². The van der Waals surface area contributed by atoms with Crippen molar-refractivity contribution in [2.75, 3.05) is 20.0 Å². The Morgan fingerprint density at radius 3 is 3.00 bits per heavy atom. The summed E-state index contributed by atoms with van der Waals surface area (Å²) in [5.74, 6) is 0.674. The molecule has 0 N–H and O–H groups in total. The van der Waals surface area contributed by atoms with E-state index in [2.05, 4.69) is 4.98 Å². The van der Waals surface area contributed by atoms with Crippen LogP contribution in [0.4, 0.5) is 0 Å². The molecule has 14 heavy (non-hydrogen) atoms. The summed E-state index contributed by atoms with van der Waals surface area (Å²) in [7, 11) is 1.63. The first-order valence-corrected chi connectivity index (χ1v) is 5.67. The Labute approximate surface area is 89.0 Å². The average molecular weight is 213 g/mol. The maximum Gasteiger partial charge on any atom is 0.213 e. The van der Waals surface area contributed by atoms with Gasteiger partial charge in [-0.2, -0.15) is 0 Å².